The molecule has 0 amide bonds. The van der Waals surface area contributed by atoms with Crippen LogP contribution in [0.5, 0.6) is 5.75 Å². The van der Waals surface area contributed by atoms with Crippen LogP contribution in [-0.4, -0.2) is 17.2 Å². The molecule has 1 heterocycles. The molecule has 0 fully saturated rings. The Kier molecular flexibility index (Phi) is 3.09. The number of rotatable bonds is 1. The molecule has 1 aliphatic rings. The minimum atomic E-state index is -0.463. The Morgan fingerprint density at radius 2 is 2.10 bits per heavy atom. The zero-order chi connectivity index (χ0) is 15.1. The first-order chi connectivity index (χ1) is 9.97. The number of esters is 1. The van der Waals surface area contributed by atoms with Crippen molar-refractivity contribution in [3.05, 3.63) is 47.0 Å². The van der Waals surface area contributed by atoms with Crippen molar-refractivity contribution in [3.63, 3.8) is 0 Å². The summed E-state index contributed by atoms with van der Waals surface area (Å²) in [4.78, 5) is 12.1. The third-order valence-electron chi connectivity index (χ3n) is 3.83. The normalized spacial score (nSPS) is 17.2. The zero-order valence-electron chi connectivity index (χ0n) is 12.0. The predicted molar refractivity (Wildman–Crippen MR) is 81.3 cm³/mol. The SMILES string of the molecule is Cc1cc(-c2cccc(N)c2)c(O)c2c1C[C@@H](C)OC2=O. The second-order valence-corrected chi connectivity index (χ2v) is 5.49. The van der Waals surface area contributed by atoms with Crippen LogP contribution in [0.25, 0.3) is 11.1 Å². The van der Waals surface area contributed by atoms with Crippen LogP contribution in [0, 0.1) is 6.92 Å². The van der Waals surface area contributed by atoms with Gasteiger partial charge in [-0.15, -0.1) is 0 Å². The molecule has 4 heteroatoms. The molecule has 0 bridgehead atoms. The van der Waals surface area contributed by atoms with Gasteiger partial charge in [-0.1, -0.05) is 12.1 Å². The van der Waals surface area contributed by atoms with E-state index in [2.05, 4.69) is 0 Å². The van der Waals surface area contributed by atoms with Gasteiger partial charge >= 0.3 is 5.97 Å². The summed E-state index contributed by atoms with van der Waals surface area (Å²) < 4.78 is 5.24. The van der Waals surface area contributed by atoms with Crippen LogP contribution in [0.4, 0.5) is 5.69 Å². The molecule has 4 nitrogen and oxygen atoms in total. The lowest BCUT2D eigenvalue weighted by Crippen LogP contribution is -2.26. The van der Waals surface area contributed by atoms with Crippen LogP contribution in [0.2, 0.25) is 0 Å². The van der Waals surface area contributed by atoms with E-state index in [1.165, 1.54) is 0 Å². The number of aryl methyl sites for hydroxylation is 1. The van der Waals surface area contributed by atoms with Crippen molar-refractivity contribution in [1.82, 2.24) is 0 Å². The molecule has 108 valence electrons. The molecule has 1 atom stereocenters. The van der Waals surface area contributed by atoms with E-state index in [0.29, 0.717) is 17.7 Å². The lowest BCUT2D eigenvalue weighted by Gasteiger charge is -2.25. The number of benzene rings is 2. The third kappa shape index (κ3) is 2.23. The summed E-state index contributed by atoms with van der Waals surface area (Å²) in [5.41, 5.74) is 9.91. The number of aromatic hydroxyl groups is 1. The predicted octanol–water partition coefficient (Wildman–Crippen LogP) is 3.05. The average Bonchev–Trinajstić information content (AvgIpc) is 2.42. The van der Waals surface area contributed by atoms with Gasteiger partial charge < -0.3 is 15.6 Å². The fourth-order valence-corrected chi connectivity index (χ4v) is 2.83. The summed E-state index contributed by atoms with van der Waals surface area (Å²) in [5.74, 6) is -0.492. The number of anilines is 1. The van der Waals surface area contributed by atoms with E-state index >= 15 is 0 Å². The summed E-state index contributed by atoms with van der Waals surface area (Å²) in [6, 6.07) is 9.13. The minimum absolute atomic E-state index is 0.0295. The van der Waals surface area contributed by atoms with Crippen molar-refractivity contribution >= 4 is 11.7 Å². The van der Waals surface area contributed by atoms with Gasteiger partial charge in [0.25, 0.3) is 0 Å². The molecule has 21 heavy (non-hydrogen) atoms. The van der Waals surface area contributed by atoms with Crippen LogP contribution in [0.1, 0.15) is 28.4 Å². The Morgan fingerprint density at radius 1 is 1.33 bits per heavy atom. The number of nitrogens with two attached hydrogens (primary N) is 1. The van der Waals surface area contributed by atoms with E-state index < -0.39 is 5.97 Å². The maximum atomic E-state index is 12.1. The maximum Gasteiger partial charge on any atom is 0.342 e. The minimum Gasteiger partial charge on any atom is -0.506 e. The fourth-order valence-electron chi connectivity index (χ4n) is 2.83. The molecular weight excluding hydrogens is 266 g/mol. The van der Waals surface area contributed by atoms with Gasteiger partial charge in [0.1, 0.15) is 17.4 Å². The van der Waals surface area contributed by atoms with Crippen LogP contribution < -0.4 is 5.73 Å². The summed E-state index contributed by atoms with van der Waals surface area (Å²) in [6.45, 7) is 3.79. The smallest absolute Gasteiger partial charge is 0.342 e. The first kappa shape index (κ1) is 13.5. The van der Waals surface area contributed by atoms with Crippen LogP contribution in [0.15, 0.2) is 30.3 Å². The summed E-state index contributed by atoms with van der Waals surface area (Å²) in [5, 5.41) is 10.5. The summed E-state index contributed by atoms with van der Waals surface area (Å²) in [6.07, 6.45) is 0.457. The Bertz CT molecular complexity index is 737. The van der Waals surface area contributed by atoms with E-state index in [1.54, 1.807) is 12.1 Å². The first-order valence-electron chi connectivity index (χ1n) is 6.89. The van der Waals surface area contributed by atoms with Crippen molar-refractivity contribution in [2.24, 2.45) is 0 Å². The highest BCUT2D eigenvalue weighted by molar-refractivity contribution is 5.98. The first-order valence-corrected chi connectivity index (χ1v) is 6.89. The van der Waals surface area contributed by atoms with Gasteiger partial charge in [-0.25, -0.2) is 4.79 Å². The second kappa shape index (κ2) is 4.81. The van der Waals surface area contributed by atoms with Gasteiger partial charge in [0, 0.05) is 17.7 Å². The molecule has 0 saturated heterocycles. The maximum absolute atomic E-state index is 12.1. The Labute approximate surface area is 123 Å². The van der Waals surface area contributed by atoms with Gasteiger partial charge in [-0.3, -0.25) is 0 Å². The van der Waals surface area contributed by atoms with E-state index in [-0.39, 0.29) is 17.4 Å². The number of fused-ring (bicyclic) bond motifs is 1. The highest BCUT2D eigenvalue weighted by Gasteiger charge is 2.30. The van der Waals surface area contributed by atoms with Gasteiger partial charge in [0.15, 0.2) is 0 Å². The lowest BCUT2D eigenvalue weighted by molar-refractivity contribution is 0.0296. The third-order valence-corrected chi connectivity index (χ3v) is 3.83. The zero-order valence-corrected chi connectivity index (χ0v) is 12.0. The summed E-state index contributed by atoms with van der Waals surface area (Å²) >= 11 is 0. The lowest BCUT2D eigenvalue weighted by atomic mass is 9.89. The van der Waals surface area contributed by atoms with Crippen molar-refractivity contribution in [3.8, 4) is 16.9 Å². The largest absolute Gasteiger partial charge is 0.506 e. The van der Waals surface area contributed by atoms with Crippen molar-refractivity contribution in [2.75, 3.05) is 5.73 Å². The molecule has 0 spiro atoms. The van der Waals surface area contributed by atoms with Gasteiger partial charge in [0.05, 0.1) is 0 Å². The molecule has 3 rings (SSSR count). The number of hydrogen-bond acceptors (Lipinski definition) is 4. The van der Waals surface area contributed by atoms with Gasteiger partial charge in [-0.2, -0.15) is 0 Å². The highest BCUT2D eigenvalue weighted by Crippen LogP contribution is 2.39. The molecular formula is C17H17NO3. The fraction of sp³-hybridized carbons (Fsp3) is 0.235. The Morgan fingerprint density at radius 3 is 2.81 bits per heavy atom. The molecule has 3 N–H and O–H groups in total. The number of ether oxygens (including phenoxy) is 1. The quantitative estimate of drug-likeness (QED) is 0.623. The monoisotopic (exact) mass is 283 g/mol. The molecule has 1 aliphatic heterocycles. The van der Waals surface area contributed by atoms with Crippen LogP contribution >= 0.6 is 0 Å². The summed E-state index contributed by atoms with van der Waals surface area (Å²) in [7, 11) is 0. The van der Waals surface area contributed by atoms with Crippen molar-refractivity contribution in [1.29, 1.82) is 0 Å². The highest BCUT2D eigenvalue weighted by atomic mass is 16.5. The van der Waals surface area contributed by atoms with Gasteiger partial charge in [0.2, 0.25) is 0 Å². The molecule has 0 radical (unpaired) electrons. The van der Waals surface area contributed by atoms with Gasteiger partial charge in [-0.05, 0) is 48.7 Å². The molecule has 2 aromatic rings. The number of carbonyl (C=O) groups excluding carboxylic acids is 1. The van der Waals surface area contributed by atoms with E-state index in [9.17, 15) is 9.90 Å². The number of phenolic OH excluding ortho intramolecular Hbond substituents is 1. The molecule has 2 aromatic carbocycles. The van der Waals surface area contributed by atoms with E-state index in [4.69, 9.17) is 10.5 Å². The number of nitrogen functional groups attached to an aromatic ring is 1. The van der Waals surface area contributed by atoms with E-state index in [0.717, 1.165) is 16.7 Å². The number of phenols is 1. The van der Waals surface area contributed by atoms with Crippen LogP contribution in [-0.2, 0) is 11.2 Å². The van der Waals surface area contributed by atoms with Crippen LogP contribution in [0.3, 0.4) is 0 Å². The number of carbonyl (C=O) groups is 1. The molecule has 0 unspecified atom stereocenters. The van der Waals surface area contributed by atoms with Crippen molar-refractivity contribution in [2.45, 2.75) is 26.4 Å². The second-order valence-electron chi connectivity index (χ2n) is 5.49. The number of hydrogen-bond donors (Lipinski definition) is 2. The topological polar surface area (TPSA) is 72.6 Å². The molecule has 0 aromatic heterocycles. The van der Waals surface area contributed by atoms with E-state index in [1.807, 2.05) is 32.0 Å². The van der Waals surface area contributed by atoms with Crippen molar-refractivity contribution < 1.29 is 14.6 Å². The Hall–Kier alpha value is -2.49. The number of cyclic esters (lactones) is 1. The molecule has 0 saturated carbocycles. The standard InChI is InChI=1S/C17H17NO3/c1-9-6-14(11-4-3-5-12(18)8-11)16(19)15-13(9)7-10(2)21-17(15)20/h3-6,8,10,19H,7,18H2,1-2H3/t10-/m1/s1. The molecule has 0 aliphatic carbocycles. The Balaban J connectivity index is 2.24. The average molecular weight is 283 g/mol.